The van der Waals surface area contributed by atoms with Crippen LogP contribution in [-0.2, 0) is 62.5 Å². The Hall–Kier alpha value is -10.9. The van der Waals surface area contributed by atoms with E-state index >= 15 is 0 Å². The van der Waals surface area contributed by atoms with Gasteiger partial charge in [0.2, 0.25) is 0 Å². The average Bonchev–Trinajstić information content (AvgIpc) is 0.753. The molecular formula is C125H145BN4. The van der Waals surface area contributed by atoms with Crippen molar-refractivity contribution in [2.45, 2.75) is 291 Å². The fraction of sp³-hybridized carbons (Fsp3) is 0.376. The maximum absolute atomic E-state index is 10.9. The molecule has 0 spiro atoms. The molecule has 0 aliphatic carbocycles. The summed E-state index contributed by atoms with van der Waals surface area (Å²) < 4.78 is 48.6. The van der Waals surface area contributed by atoms with Crippen molar-refractivity contribution in [2.24, 2.45) is 16.2 Å². The Morgan fingerprint density at radius 2 is 0.508 bits per heavy atom. The van der Waals surface area contributed by atoms with Crippen molar-refractivity contribution < 1.29 is 5.48 Å². The molecule has 4 nitrogen and oxygen atoms in total. The molecule has 17 rings (SSSR count). The Morgan fingerprint density at radius 1 is 0.238 bits per heavy atom. The maximum atomic E-state index is 10.9. The van der Waals surface area contributed by atoms with Gasteiger partial charge in [0.15, 0.2) is 0 Å². The molecule has 0 atom stereocenters. The Kier molecular flexibility index (Phi) is 20.8. The molecule has 15 aromatic rings. The van der Waals surface area contributed by atoms with E-state index in [-0.39, 0.29) is 48.7 Å². The zero-order valence-electron chi connectivity index (χ0n) is 88.7. The Bertz CT molecular complexity index is 6680. The lowest BCUT2D eigenvalue weighted by Gasteiger charge is -2.46. The number of hydrogen-bond acceptors (Lipinski definition) is 2. The quantitative estimate of drug-likeness (QED) is 0.120. The van der Waals surface area contributed by atoms with Gasteiger partial charge in [-0.3, -0.25) is 0 Å². The summed E-state index contributed by atoms with van der Waals surface area (Å²) in [5.74, 6) is 0. The molecule has 130 heavy (non-hydrogen) atoms. The fourth-order valence-corrected chi connectivity index (χ4v) is 20.1. The van der Waals surface area contributed by atoms with Crippen LogP contribution in [0, 0.1) is 16.2 Å². The first-order valence-electron chi connectivity index (χ1n) is 49.9. The summed E-state index contributed by atoms with van der Waals surface area (Å²) in [4.78, 5) is 5.31. The highest BCUT2D eigenvalue weighted by Gasteiger charge is 2.46. The van der Waals surface area contributed by atoms with Gasteiger partial charge in [-0.05, 0) is 299 Å². The molecule has 0 unspecified atom stereocenters. The first kappa shape index (κ1) is 85.9. The smallest absolute Gasteiger partial charge is 0.252 e. The van der Waals surface area contributed by atoms with E-state index in [1.54, 1.807) is 0 Å². The largest absolute Gasteiger partial charge is 0.311 e. The van der Waals surface area contributed by atoms with Crippen LogP contribution >= 0.6 is 0 Å². The Morgan fingerprint density at radius 3 is 0.769 bits per heavy atom. The first-order valence-corrected chi connectivity index (χ1v) is 47.9. The molecule has 0 radical (unpaired) electrons. The lowest BCUT2D eigenvalue weighted by atomic mass is 9.33. The Balaban J connectivity index is 1.11. The molecule has 5 heteroatoms. The van der Waals surface area contributed by atoms with Crippen molar-refractivity contribution in [1.82, 2.24) is 9.13 Å². The van der Waals surface area contributed by atoms with Gasteiger partial charge in [0.05, 0.1) is 33.4 Å². The van der Waals surface area contributed by atoms with Crippen LogP contribution < -0.4 is 26.2 Å². The molecule has 668 valence electrons. The molecule has 2 aromatic heterocycles. The van der Waals surface area contributed by atoms with Gasteiger partial charge in [-0.25, -0.2) is 0 Å². The highest BCUT2D eigenvalue weighted by Crippen LogP contribution is 2.55. The zero-order valence-corrected chi connectivity index (χ0v) is 84.7. The van der Waals surface area contributed by atoms with Crippen LogP contribution in [0.25, 0.3) is 99.5 Å². The van der Waals surface area contributed by atoms with Crippen molar-refractivity contribution in [3.63, 3.8) is 0 Å². The van der Waals surface area contributed by atoms with Gasteiger partial charge in [-0.1, -0.05) is 362 Å². The average molecular weight is 1720 g/mol. The van der Waals surface area contributed by atoms with Gasteiger partial charge < -0.3 is 18.9 Å². The summed E-state index contributed by atoms with van der Waals surface area (Å²) in [6, 6.07) is 94.3. The van der Waals surface area contributed by atoms with E-state index in [0.29, 0.717) is 17.5 Å². The number of rotatable bonds is 11. The third-order valence-electron chi connectivity index (χ3n) is 27.3. The van der Waals surface area contributed by atoms with Crippen molar-refractivity contribution in [2.75, 3.05) is 9.80 Å². The maximum Gasteiger partial charge on any atom is 0.252 e. The van der Waals surface area contributed by atoms with Crippen LogP contribution in [0.4, 0.5) is 34.1 Å². The van der Waals surface area contributed by atoms with Gasteiger partial charge in [-0.15, -0.1) is 0 Å². The highest BCUT2D eigenvalue weighted by molar-refractivity contribution is 7.00. The fourth-order valence-electron chi connectivity index (χ4n) is 20.1. The molecule has 0 bridgehead atoms. The molecule has 0 amide bonds. The van der Waals surface area contributed by atoms with Crippen LogP contribution in [0.5, 0.6) is 0 Å². The topological polar surface area (TPSA) is 16.3 Å². The van der Waals surface area contributed by atoms with Crippen LogP contribution in [0.15, 0.2) is 243 Å². The van der Waals surface area contributed by atoms with Crippen LogP contribution in [0.1, 0.15) is 295 Å². The number of benzene rings is 13. The van der Waals surface area contributed by atoms with E-state index in [0.717, 1.165) is 145 Å². The second-order valence-electron chi connectivity index (χ2n) is 49.9. The summed E-state index contributed by atoms with van der Waals surface area (Å²) in [6.07, 6.45) is -3.04. The number of anilines is 6. The van der Waals surface area contributed by atoms with Gasteiger partial charge in [0.1, 0.15) is 0 Å². The standard InChI is InChI=1S/C125H145BN4/c1-115(2,3)74-77-58-112-114-113(59-77)130(109-73-95(79-39-35-43-85(61-79)119(13,14)15)83(76-117(7,8)9)65-97(109)81-41-37-45-87(63-81)121(19,20)21)111-71-93(128-106-56-48-90(124(28,29)30)68-100(106)101-69-91(125(31,32)33)49-57-107(101)128)51-53-103(111)126(114)102-52-50-92(127-104-54-46-88(122(22,23)24)66-98(104)99-67-89(123(25,26)27)47-55-105(99)127)70-110(102)129(112)108-72-94(78-38-34-42-84(60-78)118(10,11)12)82(75-116(4,5)6)64-96(108)80-40-36-44-86(62-80)120(16,17)18/h34-73H,74-76H2,1-33H3/i75D2,76D2. The van der Waals surface area contributed by atoms with Gasteiger partial charge in [-0.2, -0.15) is 0 Å². The van der Waals surface area contributed by atoms with Crippen LogP contribution in [-0.4, -0.2) is 15.8 Å². The second-order valence-corrected chi connectivity index (χ2v) is 49.9. The zero-order chi connectivity index (χ0) is 97.3. The van der Waals surface area contributed by atoms with Gasteiger partial charge >= 0.3 is 0 Å². The van der Waals surface area contributed by atoms with Crippen LogP contribution in [0.3, 0.4) is 0 Å². The van der Waals surface area contributed by atoms with E-state index in [2.05, 4.69) is 490 Å². The number of hydrogen-bond donors (Lipinski definition) is 0. The summed E-state index contributed by atoms with van der Waals surface area (Å²) in [5.41, 5.74) is 32.0. The van der Waals surface area contributed by atoms with Crippen molar-refractivity contribution in [1.29, 1.82) is 0 Å². The first-order chi connectivity index (χ1) is 61.9. The molecule has 0 fully saturated rings. The second kappa shape index (κ2) is 31.4. The lowest BCUT2D eigenvalue weighted by Crippen LogP contribution is -2.61. The number of aromatic nitrogens is 2. The monoisotopic (exact) mass is 1720 g/mol. The molecule has 0 saturated heterocycles. The third-order valence-corrected chi connectivity index (χ3v) is 27.3. The molecule has 0 saturated carbocycles. The predicted octanol–water partition coefficient (Wildman–Crippen LogP) is 33.8. The highest BCUT2D eigenvalue weighted by atomic mass is 15.2. The minimum Gasteiger partial charge on any atom is -0.311 e. The van der Waals surface area contributed by atoms with E-state index in [1.807, 2.05) is 0 Å². The SMILES string of the molecule is [2H]C([2H])(c1cc(-c2cccc(C(C)(C)C)c2)c(N2c3cc(-n4c5ccc(C(C)(C)C)cc5c5cc(C(C)(C)C)ccc54)ccc3B3c4ccc(-n5c6ccc(C(C)(C)C)cc6c6cc(C(C)(C)C)ccc65)cc4N(c4cc(-c5cccc(C(C)(C)C)c5)c(C([2H])([2H])C(C)(C)C)cc4-c4cccc(C(C)(C)C)c4)c4cc(CC(C)(C)C)cc2c43)cc1-c1cccc(C(C)(C)C)c1)C(C)(C)C. The van der Waals surface area contributed by atoms with E-state index < -0.39 is 30.3 Å². The summed E-state index contributed by atoms with van der Waals surface area (Å²) in [7, 11) is 0. The summed E-state index contributed by atoms with van der Waals surface area (Å²) in [5, 5.41) is 4.85. The third kappa shape index (κ3) is 17.3. The molecule has 13 aromatic carbocycles. The summed E-state index contributed by atoms with van der Waals surface area (Å²) >= 11 is 0. The van der Waals surface area contributed by atoms with E-state index in [4.69, 9.17) is 0 Å². The number of nitrogens with zero attached hydrogens (tertiary/aromatic N) is 4. The minimum atomic E-state index is -1.87. The number of fused-ring (bicyclic) bond motifs is 10. The van der Waals surface area contributed by atoms with E-state index in [1.165, 1.54) is 54.9 Å². The van der Waals surface area contributed by atoms with E-state index in [9.17, 15) is 5.48 Å². The molecular weight excluding hydrogens is 1570 g/mol. The normalized spacial score (nSPS) is 14.6. The van der Waals surface area contributed by atoms with Gasteiger partial charge in [0.25, 0.3) is 6.71 Å². The molecule has 0 N–H and O–H groups in total. The van der Waals surface area contributed by atoms with Gasteiger partial charge in [0, 0.05) is 72.3 Å². The molecule has 2 aliphatic heterocycles. The predicted molar refractivity (Wildman–Crippen MR) is 570 cm³/mol. The van der Waals surface area contributed by atoms with Crippen molar-refractivity contribution in [3.05, 3.63) is 304 Å². The van der Waals surface area contributed by atoms with Crippen LogP contribution in [0.2, 0.25) is 0 Å². The summed E-state index contributed by atoms with van der Waals surface area (Å²) in [6.45, 7) is 74.4. The van der Waals surface area contributed by atoms with Crippen molar-refractivity contribution >= 4 is 101 Å². The lowest BCUT2D eigenvalue weighted by molar-refractivity contribution is 0.411. The molecule has 4 heterocycles. The Labute approximate surface area is 787 Å². The van der Waals surface area contributed by atoms with Crippen molar-refractivity contribution in [3.8, 4) is 55.9 Å². The molecule has 2 aliphatic rings. The minimum absolute atomic E-state index is 0.124.